The molecule has 0 unspecified atom stereocenters. The molecule has 0 bridgehead atoms. The van der Waals surface area contributed by atoms with Crippen molar-refractivity contribution in [2.45, 2.75) is 38.3 Å². The molecule has 8 heteroatoms. The van der Waals surface area contributed by atoms with Crippen molar-refractivity contribution in [2.75, 3.05) is 26.8 Å². The van der Waals surface area contributed by atoms with E-state index < -0.39 is 10.2 Å². The van der Waals surface area contributed by atoms with Gasteiger partial charge in [-0.25, -0.2) is 4.98 Å². The molecule has 2 aliphatic rings. The second kappa shape index (κ2) is 7.71. The number of hydrogen-bond donors (Lipinski definition) is 0. The maximum Gasteiger partial charge on any atom is 0.282 e. The number of oxazole rings is 1. The van der Waals surface area contributed by atoms with Crippen LogP contribution in [0, 0.1) is 0 Å². The Morgan fingerprint density at radius 1 is 1.22 bits per heavy atom. The molecular weight excluding hydrogens is 366 g/mol. The SMILES string of the molecule is CN(Cc1ccccc1)S(=O)(=O)N1CCc2oc(C3CCOCC3)nc2C1. The zero-order valence-corrected chi connectivity index (χ0v) is 16.3. The van der Waals surface area contributed by atoms with Crippen LogP contribution >= 0.6 is 0 Å². The van der Waals surface area contributed by atoms with Crippen LogP contribution in [0.25, 0.3) is 0 Å². The number of aromatic nitrogens is 1. The van der Waals surface area contributed by atoms with Crippen molar-refractivity contribution in [2.24, 2.45) is 0 Å². The van der Waals surface area contributed by atoms with E-state index in [4.69, 9.17) is 9.15 Å². The molecule has 27 heavy (non-hydrogen) atoms. The monoisotopic (exact) mass is 391 g/mol. The van der Waals surface area contributed by atoms with E-state index >= 15 is 0 Å². The van der Waals surface area contributed by atoms with E-state index in [1.807, 2.05) is 30.3 Å². The predicted molar refractivity (Wildman–Crippen MR) is 100 cm³/mol. The maximum atomic E-state index is 13.0. The molecule has 1 saturated heterocycles. The fourth-order valence-electron chi connectivity index (χ4n) is 3.63. The summed E-state index contributed by atoms with van der Waals surface area (Å²) in [7, 11) is -1.93. The summed E-state index contributed by atoms with van der Waals surface area (Å²) >= 11 is 0. The largest absolute Gasteiger partial charge is 0.445 e. The van der Waals surface area contributed by atoms with Crippen molar-refractivity contribution in [1.82, 2.24) is 13.6 Å². The first-order valence-electron chi connectivity index (χ1n) is 9.35. The molecule has 0 aliphatic carbocycles. The van der Waals surface area contributed by atoms with Crippen LogP contribution in [0.2, 0.25) is 0 Å². The molecule has 0 atom stereocenters. The lowest BCUT2D eigenvalue weighted by Gasteiger charge is -2.29. The van der Waals surface area contributed by atoms with Crippen molar-refractivity contribution >= 4 is 10.2 Å². The summed E-state index contributed by atoms with van der Waals surface area (Å²) < 4.78 is 40.2. The van der Waals surface area contributed by atoms with Gasteiger partial charge >= 0.3 is 0 Å². The number of rotatable bonds is 5. The lowest BCUT2D eigenvalue weighted by atomic mass is 10.0. The van der Waals surface area contributed by atoms with E-state index in [1.165, 1.54) is 8.61 Å². The zero-order valence-electron chi connectivity index (χ0n) is 15.5. The number of hydrogen-bond acceptors (Lipinski definition) is 5. The first kappa shape index (κ1) is 18.6. The van der Waals surface area contributed by atoms with Gasteiger partial charge in [-0.3, -0.25) is 0 Å². The van der Waals surface area contributed by atoms with E-state index in [2.05, 4.69) is 4.98 Å². The summed E-state index contributed by atoms with van der Waals surface area (Å²) in [5.74, 6) is 1.84. The highest BCUT2D eigenvalue weighted by molar-refractivity contribution is 7.86. The summed E-state index contributed by atoms with van der Waals surface area (Å²) in [5, 5.41) is 0. The smallest absolute Gasteiger partial charge is 0.282 e. The fraction of sp³-hybridized carbons (Fsp3) is 0.526. The Morgan fingerprint density at radius 3 is 2.70 bits per heavy atom. The van der Waals surface area contributed by atoms with Crippen LogP contribution in [0.4, 0.5) is 0 Å². The molecule has 3 heterocycles. The molecule has 1 aromatic carbocycles. The first-order chi connectivity index (χ1) is 13.0. The minimum absolute atomic E-state index is 0.267. The van der Waals surface area contributed by atoms with Crippen molar-refractivity contribution < 1.29 is 17.6 Å². The van der Waals surface area contributed by atoms with Gasteiger partial charge in [0.25, 0.3) is 10.2 Å². The quantitative estimate of drug-likeness (QED) is 0.782. The highest BCUT2D eigenvalue weighted by Crippen LogP contribution is 2.31. The van der Waals surface area contributed by atoms with E-state index in [0.717, 1.165) is 49.0 Å². The van der Waals surface area contributed by atoms with Gasteiger partial charge in [0.05, 0.1) is 12.2 Å². The third-order valence-corrected chi connectivity index (χ3v) is 7.13. The Balaban J connectivity index is 1.47. The molecule has 7 nitrogen and oxygen atoms in total. The Kier molecular flexibility index (Phi) is 5.32. The van der Waals surface area contributed by atoms with Gasteiger partial charge < -0.3 is 9.15 Å². The Bertz CT molecular complexity index is 876. The summed E-state index contributed by atoms with van der Waals surface area (Å²) in [6.07, 6.45) is 2.37. The molecule has 0 N–H and O–H groups in total. The van der Waals surface area contributed by atoms with Gasteiger partial charge in [-0.15, -0.1) is 0 Å². The number of nitrogens with zero attached hydrogens (tertiary/aromatic N) is 3. The Labute approximate surface area is 160 Å². The highest BCUT2D eigenvalue weighted by atomic mass is 32.2. The molecule has 4 rings (SSSR count). The third kappa shape index (κ3) is 3.94. The van der Waals surface area contributed by atoms with Crippen LogP contribution in [-0.2, 0) is 34.5 Å². The summed E-state index contributed by atoms with van der Waals surface area (Å²) in [4.78, 5) is 4.63. The predicted octanol–water partition coefficient (Wildman–Crippen LogP) is 2.30. The normalized spacial score (nSPS) is 19.3. The van der Waals surface area contributed by atoms with Crippen molar-refractivity contribution in [3.8, 4) is 0 Å². The lowest BCUT2D eigenvalue weighted by molar-refractivity contribution is 0.0791. The van der Waals surface area contributed by atoms with Gasteiger partial charge in [0.2, 0.25) is 0 Å². The molecule has 1 aromatic heterocycles. The first-order valence-corrected chi connectivity index (χ1v) is 10.8. The van der Waals surface area contributed by atoms with Crippen molar-refractivity contribution in [3.05, 3.63) is 53.2 Å². The third-order valence-electron chi connectivity index (χ3n) is 5.25. The van der Waals surface area contributed by atoms with Crippen LogP contribution in [-0.4, -0.2) is 48.8 Å². The van der Waals surface area contributed by atoms with Crippen LogP contribution < -0.4 is 0 Å². The Morgan fingerprint density at radius 2 is 1.96 bits per heavy atom. The van der Waals surface area contributed by atoms with Gasteiger partial charge in [-0.2, -0.15) is 17.0 Å². The number of ether oxygens (including phenoxy) is 1. The van der Waals surface area contributed by atoms with Gasteiger partial charge in [-0.1, -0.05) is 30.3 Å². The Hall–Kier alpha value is -1.74. The molecule has 0 spiro atoms. The maximum absolute atomic E-state index is 13.0. The minimum Gasteiger partial charge on any atom is -0.445 e. The molecular formula is C19H25N3O4S. The van der Waals surface area contributed by atoms with Crippen LogP contribution in [0.1, 0.15) is 41.7 Å². The molecule has 1 fully saturated rings. The van der Waals surface area contributed by atoms with E-state index in [9.17, 15) is 8.42 Å². The summed E-state index contributed by atoms with van der Waals surface area (Å²) in [6, 6.07) is 9.60. The van der Waals surface area contributed by atoms with Crippen LogP contribution in [0.5, 0.6) is 0 Å². The minimum atomic E-state index is -3.55. The van der Waals surface area contributed by atoms with Crippen molar-refractivity contribution in [3.63, 3.8) is 0 Å². The van der Waals surface area contributed by atoms with Crippen LogP contribution in [0.3, 0.4) is 0 Å². The van der Waals surface area contributed by atoms with Crippen LogP contribution in [0.15, 0.2) is 34.7 Å². The fourth-order valence-corrected chi connectivity index (χ4v) is 4.94. The summed E-state index contributed by atoms with van der Waals surface area (Å²) in [5.41, 5.74) is 1.71. The number of fused-ring (bicyclic) bond motifs is 1. The van der Waals surface area contributed by atoms with E-state index in [-0.39, 0.29) is 12.5 Å². The standard InChI is InChI=1S/C19H25N3O4S/c1-21(13-15-5-3-2-4-6-15)27(23,24)22-10-7-18-17(14-22)20-19(26-18)16-8-11-25-12-9-16/h2-6,16H,7-14H2,1H3. The van der Waals surface area contributed by atoms with E-state index in [1.54, 1.807) is 7.05 Å². The highest BCUT2D eigenvalue weighted by Gasteiger charge is 2.34. The van der Waals surface area contributed by atoms with Gasteiger partial charge in [0.1, 0.15) is 5.76 Å². The summed E-state index contributed by atoms with van der Waals surface area (Å²) in [6.45, 7) is 2.48. The van der Waals surface area contributed by atoms with Gasteiger partial charge in [0.15, 0.2) is 5.89 Å². The van der Waals surface area contributed by atoms with Crippen molar-refractivity contribution in [1.29, 1.82) is 0 Å². The molecule has 0 amide bonds. The second-order valence-corrected chi connectivity index (χ2v) is 9.18. The molecule has 0 saturated carbocycles. The van der Waals surface area contributed by atoms with E-state index in [0.29, 0.717) is 19.5 Å². The molecule has 2 aromatic rings. The lowest BCUT2D eigenvalue weighted by Crippen LogP contribution is -2.43. The average molecular weight is 391 g/mol. The average Bonchev–Trinajstić information content (AvgIpc) is 3.13. The second-order valence-electron chi connectivity index (χ2n) is 7.14. The molecule has 2 aliphatic heterocycles. The number of benzene rings is 1. The molecule has 146 valence electrons. The zero-order chi connectivity index (χ0) is 18.9. The van der Waals surface area contributed by atoms with Gasteiger partial charge in [-0.05, 0) is 18.4 Å². The topological polar surface area (TPSA) is 75.9 Å². The van der Waals surface area contributed by atoms with Gasteiger partial charge in [0, 0.05) is 45.7 Å². The molecule has 0 radical (unpaired) electrons.